The number of carbonyl (C=O) groups is 3. The second kappa shape index (κ2) is 14.9. The first-order valence-electron chi connectivity index (χ1n) is 12.1. The molecule has 0 saturated carbocycles. The van der Waals surface area contributed by atoms with Crippen LogP contribution in [-0.4, -0.2) is 47.6 Å². The second-order valence-electron chi connectivity index (χ2n) is 8.49. The summed E-state index contributed by atoms with van der Waals surface area (Å²) in [5.41, 5.74) is 5.47. The molecule has 0 bridgehead atoms. The van der Waals surface area contributed by atoms with Gasteiger partial charge in [0.1, 0.15) is 6.04 Å². The van der Waals surface area contributed by atoms with Crippen molar-refractivity contribution in [1.82, 2.24) is 16.1 Å². The summed E-state index contributed by atoms with van der Waals surface area (Å²) in [7, 11) is 0. The van der Waals surface area contributed by atoms with Crippen molar-refractivity contribution in [3.05, 3.63) is 95.1 Å². The summed E-state index contributed by atoms with van der Waals surface area (Å²) in [5.74, 6) is 4.32. The fraction of sp³-hybridized carbons (Fsp3) is 0.179. The summed E-state index contributed by atoms with van der Waals surface area (Å²) in [6, 6.07) is 18.1. The number of thioether (sulfide) groups is 1. The van der Waals surface area contributed by atoms with Gasteiger partial charge in [0.05, 0.1) is 6.54 Å². The summed E-state index contributed by atoms with van der Waals surface area (Å²) in [6.07, 6.45) is 0. The molecule has 7 N–H and O–H groups in total. The molecule has 0 heterocycles. The van der Waals surface area contributed by atoms with Gasteiger partial charge < -0.3 is 21.7 Å². The Morgan fingerprint density at radius 2 is 1.49 bits per heavy atom. The van der Waals surface area contributed by atoms with Crippen LogP contribution in [0.15, 0.2) is 77.7 Å². The number of anilines is 1. The minimum atomic E-state index is -4.34. The van der Waals surface area contributed by atoms with E-state index in [1.807, 2.05) is 0 Å². The molecule has 0 fully saturated rings. The van der Waals surface area contributed by atoms with Gasteiger partial charge in [0, 0.05) is 40.4 Å². The average molecular weight is 586 g/mol. The van der Waals surface area contributed by atoms with Crippen LogP contribution in [0.3, 0.4) is 0 Å². The van der Waals surface area contributed by atoms with Gasteiger partial charge in [-0.2, -0.15) is 13.2 Å². The molecule has 0 aliphatic rings. The van der Waals surface area contributed by atoms with E-state index in [0.29, 0.717) is 23.4 Å². The molecule has 0 aliphatic heterocycles. The van der Waals surface area contributed by atoms with Gasteiger partial charge >= 0.3 is 5.51 Å². The third-order valence-electron chi connectivity index (χ3n) is 5.41. The van der Waals surface area contributed by atoms with Crippen LogP contribution in [0, 0.1) is 11.8 Å². The van der Waals surface area contributed by atoms with Gasteiger partial charge in [-0.1, -0.05) is 24.0 Å². The van der Waals surface area contributed by atoms with E-state index in [9.17, 15) is 27.6 Å². The van der Waals surface area contributed by atoms with Crippen molar-refractivity contribution in [1.29, 1.82) is 0 Å². The minimum Gasteiger partial charge on any atom is -0.339 e. The molecular weight excluding hydrogens is 559 g/mol. The van der Waals surface area contributed by atoms with Gasteiger partial charge in [-0.15, -0.1) is 0 Å². The van der Waals surface area contributed by atoms with E-state index in [0.717, 1.165) is 5.56 Å². The number of hydrogen-bond acceptors (Lipinski definition) is 7. The third kappa shape index (κ3) is 10.6. The topological polar surface area (TPSA) is 146 Å². The summed E-state index contributed by atoms with van der Waals surface area (Å²) in [4.78, 5) is 36.1. The molecule has 13 heteroatoms. The zero-order valence-corrected chi connectivity index (χ0v) is 22.2. The van der Waals surface area contributed by atoms with E-state index >= 15 is 0 Å². The van der Waals surface area contributed by atoms with Crippen LogP contribution >= 0.6 is 11.8 Å². The highest BCUT2D eigenvalue weighted by Gasteiger charge is 2.29. The number of hydroxylamine groups is 1. The number of nitrogens with one attached hydrogen (secondary N) is 4. The zero-order chi connectivity index (χ0) is 29.8. The average Bonchev–Trinajstić information content (AvgIpc) is 2.95. The number of rotatable bonds is 10. The Labute approximate surface area is 238 Å². The van der Waals surface area contributed by atoms with Crippen molar-refractivity contribution >= 4 is 35.2 Å². The molecule has 0 radical (unpaired) electrons. The number of halogens is 3. The Kier molecular flexibility index (Phi) is 11.3. The normalized spacial score (nSPS) is 11.5. The number of alkyl halides is 3. The molecule has 0 spiro atoms. The summed E-state index contributed by atoms with van der Waals surface area (Å²) in [6.45, 7) is 0.143. The van der Waals surface area contributed by atoms with Gasteiger partial charge in [-0.05, 0) is 78.0 Å². The summed E-state index contributed by atoms with van der Waals surface area (Å²) < 4.78 is 37.2. The minimum absolute atomic E-state index is 0.0101. The molecule has 3 rings (SSSR count). The Morgan fingerprint density at radius 1 is 0.902 bits per heavy atom. The number of amides is 3. The van der Waals surface area contributed by atoms with Crippen molar-refractivity contribution in [2.45, 2.75) is 23.0 Å². The van der Waals surface area contributed by atoms with Gasteiger partial charge in [-0.25, -0.2) is 5.48 Å². The van der Waals surface area contributed by atoms with Crippen LogP contribution in [-0.2, 0) is 16.1 Å². The van der Waals surface area contributed by atoms with Crippen molar-refractivity contribution in [3.8, 4) is 11.8 Å². The lowest BCUT2D eigenvalue weighted by Crippen LogP contribution is -2.50. The lowest BCUT2D eigenvalue weighted by Gasteiger charge is -2.14. The predicted octanol–water partition coefficient (Wildman–Crippen LogP) is 2.99. The van der Waals surface area contributed by atoms with Gasteiger partial charge in [0.2, 0.25) is 5.91 Å². The van der Waals surface area contributed by atoms with Gasteiger partial charge in [0.25, 0.3) is 11.8 Å². The first-order valence-corrected chi connectivity index (χ1v) is 12.9. The first-order chi connectivity index (χ1) is 19.6. The molecule has 214 valence electrons. The number of benzene rings is 3. The van der Waals surface area contributed by atoms with Crippen LogP contribution in [0.5, 0.6) is 0 Å². The predicted molar refractivity (Wildman–Crippen MR) is 148 cm³/mol. The quantitative estimate of drug-likeness (QED) is 0.0929. The monoisotopic (exact) mass is 585 g/mol. The third-order valence-corrected chi connectivity index (χ3v) is 6.15. The van der Waals surface area contributed by atoms with E-state index in [4.69, 9.17) is 10.9 Å². The molecule has 3 aromatic rings. The SMILES string of the molecule is NC[C@H](NC(=O)c1ccc(C#Cc2ccc(NC(=O)CNCc3ccc(SC(F)(F)F)cc3)cc2)cc1)C(=O)NO. The second-order valence-corrected chi connectivity index (χ2v) is 9.62. The molecule has 0 saturated heterocycles. The van der Waals surface area contributed by atoms with E-state index < -0.39 is 23.4 Å². The van der Waals surface area contributed by atoms with Crippen molar-refractivity contribution in [3.63, 3.8) is 0 Å². The highest BCUT2D eigenvalue weighted by molar-refractivity contribution is 8.00. The van der Waals surface area contributed by atoms with E-state index in [2.05, 4.69) is 27.8 Å². The smallest absolute Gasteiger partial charge is 0.339 e. The molecular formula is C28H26F3N5O4S. The number of carbonyl (C=O) groups excluding carboxylic acids is 3. The Morgan fingerprint density at radius 3 is 2.02 bits per heavy atom. The standard InChI is InChI=1S/C28H26F3N5O4S/c29-28(30,31)41-23-13-7-20(8-14-23)16-33-17-25(37)34-22-11-5-19(6-12-22)2-1-18-3-9-21(10-4-18)26(38)35-24(15-32)27(39)36-40/h3-14,24,33,40H,15-17,32H2,(H,34,37)(H,35,38)(H,36,39)/t24-/m0/s1. The van der Waals surface area contributed by atoms with Crippen LogP contribution in [0.4, 0.5) is 18.9 Å². The molecule has 3 amide bonds. The van der Waals surface area contributed by atoms with Gasteiger partial charge in [-0.3, -0.25) is 19.6 Å². The van der Waals surface area contributed by atoms with E-state index in [1.54, 1.807) is 60.7 Å². The molecule has 1 atom stereocenters. The molecule has 9 nitrogen and oxygen atoms in total. The Balaban J connectivity index is 1.45. The summed E-state index contributed by atoms with van der Waals surface area (Å²) in [5, 5.41) is 16.8. The maximum Gasteiger partial charge on any atom is 0.446 e. The van der Waals surface area contributed by atoms with Crippen LogP contribution in [0.2, 0.25) is 0 Å². The fourth-order valence-corrected chi connectivity index (χ4v) is 3.91. The zero-order valence-electron chi connectivity index (χ0n) is 21.4. The largest absolute Gasteiger partial charge is 0.446 e. The molecule has 3 aromatic carbocycles. The first kappa shape index (κ1) is 31.2. The lowest BCUT2D eigenvalue weighted by atomic mass is 10.1. The number of nitrogens with two attached hydrogens (primary N) is 1. The number of hydrogen-bond donors (Lipinski definition) is 6. The lowest BCUT2D eigenvalue weighted by molar-refractivity contribution is -0.130. The maximum atomic E-state index is 12.4. The van der Waals surface area contributed by atoms with Crippen molar-refractivity contribution < 1.29 is 32.8 Å². The van der Waals surface area contributed by atoms with E-state index in [-0.39, 0.29) is 41.2 Å². The summed E-state index contributed by atoms with van der Waals surface area (Å²) >= 11 is -0.179. The van der Waals surface area contributed by atoms with Crippen molar-refractivity contribution in [2.24, 2.45) is 5.73 Å². The van der Waals surface area contributed by atoms with Crippen molar-refractivity contribution in [2.75, 3.05) is 18.4 Å². The highest BCUT2D eigenvalue weighted by Crippen LogP contribution is 2.36. The Hall–Kier alpha value is -4.35. The maximum absolute atomic E-state index is 12.4. The van der Waals surface area contributed by atoms with Crippen LogP contribution < -0.4 is 27.2 Å². The molecule has 41 heavy (non-hydrogen) atoms. The van der Waals surface area contributed by atoms with Crippen LogP contribution in [0.25, 0.3) is 0 Å². The van der Waals surface area contributed by atoms with Crippen LogP contribution in [0.1, 0.15) is 27.0 Å². The molecule has 0 aliphatic carbocycles. The van der Waals surface area contributed by atoms with E-state index in [1.165, 1.54) is 17.6 Å². The molecule has 0 unspecified atom stereocenters. The highest BCUT2D eigenvalue weighted by atomic mass is 32.2. The fourth-order valence-electron chi connectivity index (χ4n) is 3.37. The van der Waals surface area contributed by atoms with Gasteiger partial charge in [0.15, 0.2) is 0 Å². The Bertz CT molecular complexity index is 1400. The molecule has 0 aromatic heterocycles.